The van der Waals surface area contributed by atoms with Crippen LogP contribution in [0.1, 0.15) is 35.1 Å². The van der Waals surface area contributed by atoms with E-state index in [0.29, 0.717) is 5.92 Å². The monoisotopic (exact) mass is 288 g/mol. The Morgan fingerprint density at radius 2 is 1.18 bits per heavy atom. The molecule has 0 aliphatic rings. The Balaban J connectivity index is 1.91. The van der Waals surface area contributed by atoms with Gasteiger partial charge in [-0.2, -0.15) is 0 Å². The minimum absolute atomic E-state index is 0.353. The van der Waals surface area contributed by atoms with Crippen molar-refractivity contribution in [3.8, 4) is 0 Å². The van der Waals surface area contributed by atoms with Gasteiger partial charge in [-0.3, -0.25) is 0 Å². The lowest BCUT2D eigenvalue weighted by Gasteiger charge is -2.10. The first-order valence-electron chi connectivity index (χ1n) is 7.80. The zero-order valence-corrected chi connectivity index (χ0v) is 13.2. The number of aryl methyl sites for hydroxylation is 2. The Bertz CT molecular complexity index is 892. The molecular formula is C20H20N2. The largest absolute Gasteiger partial charge is 0.361 e. The number of fused-ring (bicyclic) bond motifs is 2. The van der Waals surface area contributed by atoms with Crippen LogP contribution in [0, 0.1) is 13.8 Å². The lowest BCUT2D eigenvalue weighted by molar-refractivity contribution is 0.942. The van der Waals surface area contributed by atoms with Crippen molar-refractivity contribution < 1.29 is 0 Å². The van der Waals surface area contributed by atoms with Crippen molar-refractivity contribution in [2.75, 3.05) is 0 Å². The van der Waals surface area contributed by atoms with Gasteiger partial charge in [0.25, 0.3) is 0 Å². The van der Waals surface area contributed by atoms with Crippen LogP contribution in [0.3, 0.4) is 0 Å². The summed E-state index contributed by atoms with van der Waals surface area (Å²) in [6.07, 6.45) is 4.33. The summed E-state index contributed by atoms with van der Waals surface area (Å²) >= 11 is 0. The molecule has 4 rings (SSSR count). The second-order valence-electron chi connectivity index (χ2n) is 6.20. The third-order valence-electron chi connectivity index (χ3n) is 4.84. The van der Waals surface area contributed by atoms with E-state index in [4.69, 9.17) is 0 Å². The van der Waals surface area contributed by atoms with Crippen LogP contribution in [0.5, 0.6) is 0 Å². The van der Waals surface area contributed by atoms with Crippen LogP contribution in [0.15, 0.2) is 48.8 Å². The summed E-state index contributed by atoms with van der Waals surface area (Å²) in [5.41, 5.74) is 7.82. The number of benzene rings is 2. The Kier molecular flexibility index (Phi) is 2.86. The van der Waals surface area contributed by atoms with Crippen molar-refractivity contribution in [2.24, 2.45) is 0 Å². The smallest absolute Gasteiger partial charge is 0.0486 e. The molecule has 0 saturated heterocycles. The average Bonchev–Trinajstić information content (AvgIpc) is 3.12. The van der Waals surface area contributed by atoms with Gasteiger partial charge in [0.15, 0.2) is 0 Å². The van der Waals surface area contributed by atoms with E-state index in [1.807, 2.05) is 0 Å². The van der Waals surface area contributed by atoms with Crippen molar-refractivity contribution >= 4 is 21.8 Å². The fourth-order valence-corrected chi connectivity index (χ4v) is 3.54. The summed E-state index contributed by atoms with van der Waals surface area (Å²) in [6, 6.07) is 13.0. The average molecular weight is 288 g/mol. The highest BCUT2D eigenvalue weighted by Gasteiger charge is 2.17. The number of hydrogen-bond acceptors (Lipinski definition) is 0. The molecule has 2 heteroatoms. The molecule has 110 valence electrons. The first kappa shape index (κ1) is 13.2. The minimum atomic E-state index is 0.353. The molecule has 0 fully saturated rings. The van der Waals surface area contributed by atoms with E-state index in [0.717, 1.165) is 0 Å². The summed E-state index contributed by atoms with van der Waals surface area (Å²) in [6.45, 7) is 6.60. The summed E-state index contributed by atoms with van der Waals surface area (Å²) in [4.78, 5) is 6.90. The fraction of sp³-hybridized carbons (Fsp3) is 0.200. The van der Waals surface area contributed by atoms with Gasteiger partial charge in [0, 0.05) is 40.1 Å². The van der Waals surface area contributed by atoms with Crippen LogP contribution >= 0.6 is 0 Å². The van der Waals surface area contributed by atoms with E-state index in [1.165, 1.54) is 44.1 Å². The molecule has 0 amide bonds. The number of H-pyrrole nitrogens is 2. The third kappa shape index (κ3) is 1.80. The molecule has 0 spiro atoms. The molecule has 0 aliphatic carbocycles. The molecule has 0 radical (unpaired) electrons. The van der Waals surface area contributed by atoms with E-state index in [9.17, 15) is 0 Å². The van der Waals surface area contributed by atoms with Crippen LogP contribution < -0.4 is 0 Å². The van der Waals surface area contributed by atoms with Crippen LogP contribution in [-0.4, -0.2) is 9.97 Å². The molecule has 0 unspecified atom stereocenters. The number of rotatable bonds is 2. The Morgan fingerprint density at radius 3 is 1.64 bits per heavy atom. The van der Waals surface area contributed by atoms with Crippen molar-refractivity contribution in [3.05, 3.63) is 71.0 Å². The molecule has 2 nitrogen and oxygen atoms in total. The summed E-state index contributed by atoms with van der Waals surface area (Å²) in [7, 11) is 0. The molecule has 0 aliphatic heterocycles. The maximum Gasteiger partial charge on any atom is 0.0486 e. The van der Waals surface area contributed by atoms with E-state index in [1.54, 1.807) is 0 Å². The SMILES string of the molecule is Cc1cccc2c(C(C)c3c[nH]c4c(C)cccc34)c[nH]c12. The lowest BCUT2D eigenvalue weighted by atomic mass is 9.92. The highest BCUT2D eigenvalue weighted by atomic mass is 14.7. The maximum absolute atomic E-state index is 3.45. The summed E-state index contributed by atoms with van der Waals surface area (Å²) < 4.78 is 0. The van der Waals surface area contributed by atoms with E-state index in [-0.39, 0.29) is 0 Å². The van der Waals surface area contributed by atoms with Crippen LogP contribution in [-0.2, 0) is 0 Å². The van der Waals surface area contributed by atoms with Gasteiger partial charge < -0.3 is 9.97 Å². The molecule has 4 aromatic rings. The van der Waals surface area contributed by atoms with Crippen molar-refractivity contribution in [3.63, 3.8) is 0 Å². The van der Waals surface area contributed by atoms with E-state index in [2.05, 4.69) is 79.5 Å². The molecular weight excluding hydrogens is 268 g/mol. The van der Waals surface area contributed by atoms with Crippen molar-refractivity contribution in [1.82, 2.24) is 9.97 Å². The van der Waals surface area contributed by atoms with Gasteiger partial charge in [-0.15, -0.1) is 0 Å². The quantitative estimate of drug-likeness (QED) is 0.494. The zero-order valence-electron chi connectivity index (χ0n) is 13.2. The van der Waals surface area contributed by atoms with Crippen molar-refractivity contribution in [1.29, 1.82) is 0 Å². The molecule has 2 aromatic carbocycles. The normalized spacial score (nSPS) is 11.8. The topological polar surface area (TPSA) is 31.6 Å². The van der Waals surface area contributed by atoms with Gasteiger partial charge in [0.2, 0.25) is 0 Å². The summed E-state index contributed by atoms with van der Waals surface area (Å²) in [5, 5.41) is 2.66. The Labute approximate surface area is 130 Å². The van der Waals surface area contributed by atoms with Gasteiger partial charge in [-0.25, -0.2) is 0 Å². The van der Waals surface area contributed by atoms with Gasteiger partial charge >= 0.3 is 0 Å². The van der Waals surface area contributed by atoms with E-state index >= 15 is 0 Å². The van der Waals surface area contributed by atoms with Crippen molar-refractivity contribution in [2.45, 2.75) is 26.7 Å². The first-order chi connectivity index (χ1) is 10.7. The van der Waals surface area contributed by atoms with Gasteiger partial charge in [0.05, 0.1) is 0 Å². The van der Waals surface area contributed by atoms with Gasteiger partial charge in [0.1, 0.15) is 0 Å². The summed E-state index contributed by atoms with van der Waals surface area (Å²) in [5.74, 6) is 0.353. The number of aromatic nitrogens is 2. The van der Waals surface area contributed by atoms with Gasteiger partial charge in [-0.05, 0) is 36.1 Å². The fourth-order valence-electron chi connectivity index (χ4n) is 3.54. The minimum Gasteiger partial charge on any atom is -0.361 e. The molecule has 2 aromatic heterocycles. The number of para-hydroxylation sites is 2. The van der Waals surface area contributed by atoms with Crippen LogP contribution in [0.4, 0.5) is 0 Å². The molecule has 0 saturated carbocycles. The number of nitrogens with one attached hydrogen (secondary N) is 2. The second-order valence-corrected chi connectivity index (χ2v) is 6.20. The third-order valence-corrected chi connectivity index (χ3v) is 4.84. The lowest BCUT2D eigenvalue weighted by Crippen LogP contribution is -1.94. The zero-order chi connectivity index (χ0) is 15.3. The number of hydrogen-bond donors (Lipinski definition) is 2. The van der Waals surface area contributed by atoms with Gasteiger partial charge in [-0.1, -0.05) is 43.3 Å². The predicted octanol–water partition coefficient (Wildman–Crippen LogP) is 5.42. The molecule has 0 atom stereocenters. The first-order valence-corrected chi connectivity index (χ1v) is 7.80. The van der Waals surface area contributed by atoms with Crippen LogP contribution in [0.2, 0.25) is 0 Å². The molecule has 0 bridgehead atoms. The number of aromatic amines is 2. The van der Waals surface area contributed by atoms with Crippen LogP contribution in [0.25, 0.3) is 21.8 Å². The molecule has 2 N–H and O–H groups in total. The second kappa shape index (κ2) is 4.77. The van der Waals surface area contributed by atoms with E-state index < -0.39 is 0 Å². The molecule has 2 heterocycles. The standard InChI is InChI=1S/C20H20N2/c1-12-6-4-8-15-17(10-21-19(12)15)14(3)18-11-22-20-13(2)7-5-9-16(18)20/h4-11,14,21-22H,1-3H3. The molecule has 22 heavy (non-hydrogen) atoms. The highest BCUT2D eigenvalue weighted by molar-refractivity contribution is 5.90. The maximum atomic E-state index is 3.45. The highest BCUT2D eigenvalue weighted by Crippen LogP contribution is 2.35. The Morgan fingerprint density at radius 1 is 0.727 bits per heavy atom. The Hall–Kier alpha value is -2.48. The predicted molar refractivity (Wildman–Crippen MR) is 93.6 cm³/mol.